The largest absolute Gasteiger partial charge is 0.490 e. The SMILES string of the molecule is O=C(O)C(F)(F)F.O=C(c1ccnnc1)N1CC[C@]2(CCC[C@H](CNc3ncccn3)O2)C1. The van der Waals surface area contributed by atoms with Crippen LogP contribution in [0.15, 0.2) is 36.9 Å². The molecule has 0 unspecified atom stereocenters. The summed E-state index contributed by atoms with van der Waals surface area (Å²) in [5.74, 6) is -2.14. The standard InChI is InChI=1S/C18H22N6O2.C2HF3O2/c25-16(14-4-9-22-23-11-14)24-10-6-18(13-24)5-1-3-15(26-18)12-21-17-19-7-2-8-20-17;3-2(4,5)1(6)7/h2,4,7-9,11,15H,1,3,5-6,10,12-13H2,(H,19,20,21);(H,6,7)/t15-,18-;/m1./s1. The van der Waals surface area contributed by atoms with Crippen LogP contribution in [0.5, 0.6) is 0 Å². The molecule has 2 N–H and O–H groups in total. The molecule has 2 aliphatic heterocycles. The number of hydrogen-bond donors (Lipinski definition) is 2. The molecule has 4 rings (SSSR count). The second-order valence-electron chi connectivity index (χ2n) is 7.68. The molecule has 10 nitrogen and oxygen atoms in total. The smallest absolute Gasteiger partial charge is 0.475 e. The summed E-state index contributed by atoms with van der Waals surface area (Å²) in [5.41, 5.74) is 0.338. The van der Waals surface area contributed by atoms with Gasteiger partial charge in [-0.1, -0.05) is 0 Å². The molecule has 1 spiro atoms. The number of rotatable bonds is 4. The van der Waals surface area contributed by atoms with Gasteiger partial charge in [-0.15, -0.1) is 0 Å². The van der Waals surface area contributed by atoms with Crippen molar-refractivity contribution in [3.8, 4) is 0 Å². The van der Waals surface area contributed by atoms with Gasteiger partial charge in [-0.05, 0) is 37.8 Å². The Balaban J connectivity index is 0.000000383. The molecule has 2 aromatic rings. The topological polar surface area (TPSA) is 130 Å². The Morgan fingerprint density at radius 2 is 1.94 bits per heavy atom. The van der Waals surface area contributed by atoms with Gasteiger partial charge in [-0.25, -0.2) is 14.8 Å². The van der Waals surface area contributed by atoms with Gasteiger partial charge in [0.15, 0.2) is 0 Å². The Kier molecular flexibility index (Phi) is 7.74. The molecule has 1 amide bonds. The minimum Gasteiger partial charge on any atom is -0.475 e. The fourth-order valence-corrected chi connectivity index (χ4v) is 3.78. The van der Waals surface area contributed by atoms with Gasteiger partial charge in [0.25, 0.3) is 5.91 Å². The lowest BCUT2D eigenvalue weighted by molar-refractivity contribution is -0.192. The van der Waals surface area contributed by atoms with E-state index in [9.17, 15) is 18.0 Å². The number of amides is 1. The highest BCUT2D eigenvalue weighted by molar-refractivity contribution is 5.94. The monoisotopic (exact) mass is 468 g/mol. The predicted octanol–water partition coefficient (Wildman–Crippen LogP) is 2.17. The second kappa shape index (κ2) is 10.5. The van der Waals surface area contributed by atoms with Crippen molar-refractivity contribution in [2.75, 3.05) is 25.0 Å². The molecule has 0 bridgehead atoms. The third kappa shape index (κ3) is 6.81. The first-order valence-electron chi connectivity index (χ1n) is 10.2. The van der Waals surface area contributed by atoms with Crippen LogP contribution in [0.1, 0.15) is 36.0 Å². The van der Waals surface area contributed by atoms with Crippen molar-refractivity contribution in [1.82, 2.24) is 25.1 Å². The summed E-state index contributed by atoms with van der Waals surface area (Å²) < 4.78 is 38.2. The molecular formula is C20H23F3N6O4. The first kappa shape index (κ1) is 24.3. The van der Waals surface area contributed by atoms with Crippen molar-refractivity contribution >= 4 is 17.8 Å². The fraction of sp³-hybridized carbons (Fsp3) is 0.500. The van der Waals surface area contributed by atoms with E-state index in [0.29, 0.717) is 31.1 Å². The summed E-state index contributed by atoms with van der Waals surface area (Å²) in [5, 5.41) is 17.9. The maximum Gasteiger partial charge on any atom is 0.490 e. The molecular weight excluding hydrogens is 445 g/mol. The second-order valence-corrected chi connectivity index (χ2v) is 7.68. The fourth-order valence-electron chi connectivity index (χ4n) is 3.78. The van der Waals surface area contributed by atoms with E-state index < -0.39 is 12.1 Å². The van der Waals surface area contributed by atoms with Crippen LogP contribution in [0.4, 0.5) is 19.1 Å². The molecule has 4 heterocycles. The summed E-state index contributed by atoms with van der Waals surface area (Å²) in [6, 6.07) is 3.49. The van der Waals surface area contributed by atoms with Gasteiger partial charge in [0, 0.05) is 25.5 Å². The van der Waals surface area contributed by atoms with E-state index >= 15 is 0 Å². The molecule has 13 heteroatoms. The number of alkyl halides is 3. The highest BCUT2D eigenvalue weighted by Crippen LogP contribution is 2.37. The van der Waals surface area contributed by atoms with Crippen LogP contribution in [0.25, 0.3) is 0 Å². The summed E-state index contributed by atoms with van der Waals surface area (Å²) in [6.07, 6.45) is 5.47. The molecule has 0 radical (unpaired) electrons. The van der Waals surface area contributed by atoms with Crippen LogP contribution in [-0.2, 0) is 9.53 Å². The number of likely N-dealkylation sites (tertiary alicyclic amines) is 1. The number of ether oxygens (including phenoxy) is 1. The molecule has 0 aliphatic carbocycles. The first-order chi connectivity index (χ1) is 15.7. The summed E-state index contributed by atoms with van der Waals surface area (Å²) in [7, 11) is 0. The number of carbonyl (C=O) groups is 2. The zero-order chi connectivity index (χ0) is 23.9. The molecule has 0 saturated carbocycles. The number of aromatic nitrogens is 4. The van der Waals surface area contributed by atoms with E-state index in [0.717, 1.165) is 25.7 Å². The maximum atomic E-state index is 12.6. The molecule has 33 heavy (non-hydrogen) atoms. The normalized spacial score (nSPS) is 22.4. The number of carboxylic acid groups (broad SMARTS) is 1. The van der Waals surface area contributed by atoms with Crippen molar-refractivity contribution in [2.24, 2.45) is 0 Å². The van der Waals surface area contributed by atoms with E-state index in [-0.39, 0.29) is 17.6 Å². The number of anilines is 1. The zero-order valence-electron chi connectivity index (χ0n) is 17.5. The van der Waals surface area contributed by atoms with Crippen molar-refractivity contribution in [3.63, 3.8) is 0 Å². The lowest BCUT2D eigenvalue weighted by Crippen LogP contribution is -2.45. The number of nitrogens with zero attached hydrogens (tertiary/aromatic N) is 5. The molecule has 2 aromatic heterocycles. The van der Waals surface area contributed by atoms with Gasteiger partial charge in [0.2, 0.25) is 5.95 Å². The third-order valence-corrected chi connectivity index (χ3v) is 5.31. The number of carbonyl (C=O) groups excluding carboxylic acids is 1. The zero-order valence-corrected chi connectivity index (χ0v) is 17.5. The van der Waals surface area contributed by atoms with E-state index in [1.807, 2.05) is 4.90 Å². The number of aliphatic carboxylic acids is 1. The van der Waals surface area contributed by atoms with Crippen molar-refractivity contribution in [2.45, 2.75) is 43.6 Å². The highest BCUT2D eigenvalue weighted by Gasteiger charge is 2.44. The molecule has 2 saturated heterocycles. The first-order valence-corrected chi connectivity index (χ1v) is 10.2. The van der Waals surface area contributed by atoms with Crippen LogP contribution < -0.4 is 5.32 Å². The molecule has 2 atom stereocenters. The van der Waals surface area contributed by atoms with E-state index in [2.05, 4.69) is 25.5 Å². The van der Waals surface area contributed by atoms with E-state index in [4.69, 9.17) is 14.6 Å². The van der Waals surface area contributed by atoms with Crippen LogP contribution in [0.3, 0.4) is 0 Å². The molecule has 178 valence electrons. The quantitative estimate of drug-likeness (QED) is 0.693. The van der Waals surface area contributed by atoms with Crippen LogP contribution in [0.2, 0.25) is 0 Å². The van der Waals surface area contributed by atoms with Crippen LogP contribution >= 0.6 is 0 Å². The Bertz CT molecular complexity index is 934. The van der Waals surface area contributed by atoms with Crippen molar-refractivity contribution in [1.29, 1.82) is 0 Å². The Morgan fingerprint density at radius 3 is 2.58 bits per heavy atom. The Labute approximate surface area is 187 Å². The predicted molar refractivity (Wildman–Crippen MR) is 108 cm³/mol. The van der Waals surface area contributed by atoms with Gasteiger partial charge in [-0.2, -0.15) is 23.4 Å². The summed E-state index contributed by atoms with van der Waals surface area (Å²) >= 11 is 0. The van der Waals surface area contributed by atoms with Crippen molar-refractivity contribution < 1.29 is 32.6 Å². The Morgan fingerprint density at radius 1 is 1.21 bits per heavy atom. The summed E-state index contributed by atoms with van der Waals surface area (Å²) in [4.78, 5) is 31.8. The van der Waals surface area contributed by atoms with Gasteiger partial charge in [0.1, 0.15) is 0 Å². The summed E-state index contributed by atoms with van der Waals surface area (Å²) in [6.45, 7) is 2.02. The molecule has 2 aliphatic rings. The average Bonchev–Trinajstić information content (AvgIpc) is 3.21. The van der Waals surface area contributed by atoms with E-state index in [1.54, 1.807) is 30.7 Å². The van der Waals surface area contributed by atoms with Gasteiger partial charge in [0.05, 0.1) is 36.2 Å². The highest BCUT2D eigenvalue weighted by atomic mass is 19.4. The average molecular weight is 468 g/mol. The minimum absolute atomic E-state index is 0.00157. The van der Waals surface area contributed by atoms with E-state index in [1.165, 1.54) is 6.20 Å². The number of carboxylic acids is 1. The lowest BCUT2D eigenvalue weighted by atomic mass is 9.90. The number of nitrogens with one attached hydrogen (secondary N) is 1. The molecule has 0 aromatic carbocycles. The van der Waals surface area contributed by atoms with Gasteiger partial charge < -0.3 is 20.1 Å². The van der Waals surface area contributed by atoms with Gasteiger partial charge in [-0.3, -0.25) is 4.79 Å². The molecule has 2 fully saturated rings. The number of hydrogen-bond acceptors (Lipinski definition) is 8. The number of halogens is 3. The Hall–Kier alpha value is -3.35. The minimum atomic E-state index is -5.08. The lowest BCUT2D eigenvalue weighted by Gasteiger charge is -2.38. The maximum absolute atomic E-state index is 12.6. The van der Waals surface area contributed by atoms with Crippen LogP contribution in [-0.4, -0.2) is 79.6 Å². The van der Waals surface area contributed by atoms with Gasteiger partial charge >= 0.3 is 12.1 Å². The van der Waals surface area contributed by atoms with Crippen molar-refractivity contribution in [3.05, 3.63) is 42.5 Å². The third-order valence-electron chi connectivity index (χ3n) is 5.31. The van der Waals surface area contributed by atoms with Crippen LogP contribution in [0, 0.1) is 0 Å².